The first-order chi connectivity index (χ1) is 8.95. The van der Waals surface area contributed by atoms with Gasteiger partial charge in [-0.25, -0.2) is 0 Å². The van der Waals surface area contributed by atoms with Crippen LogP contribution in [0.5, 0.6) is 5.75 Å². The molecule has 0 radical (unpaired) electrons. The molecule has 0 aliphatic rings. The molecule has 1 atom stereocenters. The number of hydrogen-bond acceptors (Lipinski definition) is 3. The van der Waals surface area contributed by atoms with E-state index >= 15 is 0 Å². The predicted molar refractivity (Wildman–Crippen MR) is 77.5 cm³/mol. The molecular weight excluding hydrogens is 240 g/mol. The van der Waals surface area contributed by atoms with Gasteiger partial charge in [0.1, 0.15) is 5.75 Å². The van der Waals surface area contributed by atoms with E-state index in [9.17, 15) is 4.79 Å². The highest BCUT2D eigenvalue weighted by Gasteiger charge is 2.12. The van der Waals surface area contributed by atoms with Crippen molar-refractivity contribution >= 4 is 5.91 Å². The van der Waals surface area contributed by atoms with E-state index in [4.69, 9.17) is 4.74 Å². The first-order valence-electron chi connectivity index (χ1n) is 6.53. The number of amides is 1. The number of aryl methyl sites for hydroxylation is 1. The smallest absolute Gasteiger partial charge is 0.223 e. The third-order valence-corrected chi connectivity index (χ3v) is 3.14. The van der Waals surface area contributed by atoms with Crippen LogP contribution in [0.2, 0.25) is 0 Å². The Morgan fingerprint density at radius 3 is 2.68 bits per heavy atom. The van der Waals surface area contributed by atoms with Crippen LogP contribution in [0.4, 0.5) is 0 Å². The lowest BCUT2D eigenvalue weighted by atomic mass is 10.0. The van der Waals surface area contributed by atoms with E-state index in [0.29, 0.717) is 13.0 Å². The normalized spacial score (nSPS) is 12.1. The number of rotatable bonds is 6. The molecule has 0 saturated heterocycles. The van der Waals surface area contributed by atoms with E-state index in [0.717, 1.165) is 11.3 Å². The van der Waals surface area contributed by atoms with Crippen molar-refractivity contribution < 1.29 is 9.53 Å². The van der Waals surface area contributed by atoms with Crippen LogP contribution >= 0.6 is 0 Å². The van der Waals surface area contributed by atoms with Crippen LogP contribution in [0.3, 0.4) is 0 Å². The Labute approximate surface area is 115 Å². The van der Waals surface area contributed by atoms with Gasteiger partial charge in [-0.05, 0) is 25.5 Å². The molecule has 1 unspecified atom stereocenters. The topological polar surface area (TPSA) is 41.6 Å². The maximum atomic E-state index is 11.5. The SMILES string of the molecule is COc1cc(C)ccc1C(C)NCCC(=O)N(C)C. The van der Waals surface area contributed by atoms with E-state index in [1.54, 1.807) is 26.1 Å². The molecule has 0 aromatic heterocycles. The molecule has 0 bridgehead atoms. The van der Waals surface area contributed by atoms with Crippen LogP contribution in [0.1, 0.15) is 30.5 Å². The van der Waals surface area contributed by atoms with Gasteiger partial charge < -0.3 is 15.0 Å². The van der Waals surface area contributed by atoms with Gasteiger partial charge in [-0.2, -0.15) is 0 Å². The van der Waals surface area contributed by atoms with Crippen LogP contribution in [0.25, 0.3) is 0 Å². The van der Waals surface area contributed by atoms with Crippen molar-refractivity contribution in [2.45, 2.75) is 26.3 Å². The zero-order valence-electron chi connectivity index (χ0n) is 12.5. The van der Waals surface area contributed by atoms with Crippen molar-refractivity contribution in [2.24, 2.45) is 0 Å². The molecule has 1 amide bonds. The Morgan fingerprint density at radius 2 is 2.11 bits per heavy atom. The first kappa shape index (κ1) is 15.5. The zero-order valence-corrected chi connectivity index (χ0v) is 12.5. The second-order valence-corrected chi connectivity index (χ2v) is 4.96. The van der Waals surface area contributed by atoms with Gasteiger partial charge in [-0.15, -0.1) is 0 Å². The van der Waals surface area contributed by atoms with Gasteiger partial charge in [0.2, 0.25) is 5.91 Å². The fourth-order valence-electron chi connectivity index (χ4n) is 1.91. The lowest BCUT2D eigenvalue weighted by molar-refractivity contribution is -0.128. The van der Waals surface area contributed by atoms with Crippen LogP contribution < -0.4 is 10.1 Å². The Hall–Kier alpha value is -1.55. The fraction of sp³-hybridized carbons (Fsp3) is 0.533. The van der Waals surface area contributed by atoms with Crippen molar-refractivity contribution in [3.63, 3.8) is 0 Å². The average molecular weight is 264 g/mol. The lowest BCUT2D eigenvalue weighted by Crippen LogP contribution is -2.28. The minimum Gasteiger partial charge on any atom is -0.496 e. The largest absolute Gasteiger partial charge is 0.496 e. The quantitative estimate of drug-likeness (QED) is 0.856. The number of methoxy groups -OCH3 is 1. The predicted octanol–water partition coefficient (Wildman–Crippen LogP) is 2.13. The summed E-state index contributed by atoms with van der Waals surface area (Å²) in [6.45, 7) is 4.78. The van der Waals surface area contributed by atoms with Crippen molar-refractivity contribution in [1.82, 2.24) is 10.2 Å². The van der Waals surface area contributed by atoms with Crippen LogP contribution in [0, 0.1) is 6.92 Å². The molecule has 106 valence electrons. The van der Waals surface area contributed by atoms with Crippen LogP contribution in [0.15, 0.2) is 18.2 Å². The van der Waals surface area contributed by atoms with Gasteiger partial charge in [0, 0.05) is 38.7 Å². The average Bonchev–Trinajstić information content (AvgIpc) is 2.37. The van der Waals surface area contributed by atoms with Gasteiger partial charge in [0.25, 0.3) is 0 Å². The summed E-state index contributed by atoms with van der Waals surface area (Å²) in [7, 11) is 5.23. The monoisotopic (exact) mass is 264 g/mol. The molecule has 0 aliphatic carbocycles. The third kappa shape index (κ3) is 4.56. The number of ether oxygens (including phenoxy) is 1. The highest BCUT2D eigenvalue weighted by Crippen LogP contribution is 2.25. The molecule has 1 aromatic rings. The molecule has 0 spiro atoms. The first-order valence-corrected chi connectivity index (χ1v) is 6.53. The number of benzene rings is 1. The molecule has 0 fully saturated rings. The summed E-state index contributed by atoms with van der Waals surface area (Å²) in [5, 5.41) is 3.35. The summed E-state index contributed by atoms with van der Waals surface area (Å²) >= 11 is 0. The second kappa shape index (κ2) is 7.14. The molecule has 1 N–H and O–H groups in total. The number of nitrogens with zero attached hydrogens (tertiary/aromatic N) is 1. The van der Waals surface area contributed by atoms with Gasteiger partial charge in [-0.3, -0.25) is 4.79 Å². The molecule has 4 nitrogen and oxygen atoms in total. The highest BCUT2D eigenvalue weighted by atomic mass is 16.5. The summed E-state index contributed by atoms with van der Waals surface area (Å²) in [6, 6.07) is 6.32. The minimum absolute atomic E-state index is 0.135. The highest BCUT2D eigenvalue weighted by molar-refractivity contribution is 5.75. The molecule has 1 aromatic carbocycles. The van der Waals surface area contributed by atoms with E-state index in [-0.39, 0.29) is 11.9 Å². The summed E-state index contributed by atoms with van der Waals surface area (Å²) in [5.41, 5.74) is 2.29. The maximum absolute atomic E-state index is 11.5. The second-order valence-electron chi connectivity index (χ2n) is 4.96. The molecule has 0 aliphatic heterocycles. The Morgan fingerprint density at radius 1 is 1.42 bits per heavy atom. The standard InChI is InChI=1S/C15H24N2O2/c1-11-6-7-13(14(10-11)19-5)12(2)16-9-8-15(18)17(3)4/h6-7,10,12,16H,8-9H2,1-5H3. The molecular formula is C15H24N2O2. The maximum Gasteiger partial charge on any atom is 0.223 e. The number of hydrogen-bond donors (Lipinski definition) is 1. The lowest BCUT2D eigenvalue weighted by Gasteiger charge is -2.18. The summed E-state index contributed by atoms with van der Waals surface area (Å²) in [6.07, 6.45) is 0.505. The fourth-order valence-corrected chi connectivity index (χ4v) is 1.91. The van der Waals surface area contributed by atoms with Gasteiger partial charge in [-0.1, -0.05) is 12.1 Å². The summed E-state index contributed by atoms with van der Waals surface area (Å²) < 4.78 is 5.40. The van der Waals surface area contributed by atoms with Gasteiger partial charge in [0.15, 0.2) is 0 Å². The van der Waals surface area contributed by atoms with Crippen molar-refractivity contribution in [1.29, 1.82) is 0 Å². The molecule has 0 saturated carbocycles. The van der Waals surface area contributed by atoms with Gasteiger partial charge >= 0.3 is 0 Å². The third-order valence-electron chi connectivity index (χ3n) is 3.14. The minimum atomic E-state index is 0.135. The van der Waals surface area contributed by atoms with E-state index < -0.39 is 0 Å². The summed E-state index contributed by atoms with van der Waals surface area (Å²) in [5.74, 6) is 1.02. The molecule has 0 heterocycles. The Balaban J connectivity index is 2.58. The van der Waals surface area contributed by atoms with Crippen LogP contribution in [-0.2, 0) is 4.79 Å². The van der Waals surface area contributed by atoms with E-state index in [1.807, 2.05) is 13.0 Å². The number of nitrogens with one attached hydrogen (secondary N) is 1. The van der Waals surface area contributed by atoms with Crippen molar-refractivity contribution in [3.8, 4) is 5.75 Å². The Bertz CT molecular complexity index is 430. The molecule has 4 heteroatoms. The molecule has 1 rings (SSSR count). The van der Waals surface area contributed by atoms with E-state index in [2.05, 4.69) is 24.4 Å². The zero-order chi connectivity index (χ0) is 14.4. The Kier molecular flexibility index (Phi) is 5.83. The van der Waals surface area contributed by atoms with Crippen molar-refractivity contribution in [3.05, 3.63) is 29.3 Å². The van der Waals surface area contributed by atoms with Gasteiger partial charge in [0.05, 0.1) is 7.11 Å². The number of carbonyl (C=O) groups is 1. The molecule has 19 heavy (non-hydrogen) atoms. The van der Waals surface area contributed by atoms with Crippen molar-refractivity contribution in [2.75, 3.05) is 27.7 Å². The van der Waals surface area contributed by atoms with Crippen LogP contribution in [-0.4, -0.2) is 38.6 Å². The van der Waals surface area contributed by atoms with E-state index in [1.165, 1.54) is 5.56 Å². The number of carbonyl (C=O) groups excluding carboxylic acids is 1. The summed E-state index contributed by atoms with van der Waals surface area (Å²) in [4.78, 5) is 13.1.